The van der Waals surface area contributed by atoms with Gasteiger partial charge < -0.3 is 5.43 Å². The van der Waals surface area contributed by atoms with Gasteiger partial charge in [0, 0.05) is 14.1 Å². The van der Waals surface area contributed by atoms with Crippen LogP contribution in [0.4, 0.5) is 5.82 Å². The van der Waals surface area contributed by atoms with Crippen molar-refractivity contribution in [3.63, 3.8) is 0 Å². The van der Waals surface area contributed by atoms with Crippen LogP contribution >= 0.6 is 0 Å². The van der Waals surface area contributed by atoms with Crippen LogP contribution in [0.2, 0.25) is 0 Å². The zero-order valence-electron chi connectivity index (χ0n) is 8.11. The molecule has 0 saturated heterocycles. The van der Waals surface area contributed by atoms with Gasteiger partial charge in [0.2, 0.25) is 0 Å². The van der Waals surface area contributed by atoms with Crippen molar-refractivity contribution >= 4 is 11.7 Å². The van der Waals surface area contributed by atoms with Crippen molar-refractivity contribution < 1.29 is 4.79 Å². The molecule has 0 aliphatic carbocycles. The lowest BCUT2D eigenvalue weighted by molar-refractivity contribution is 0.0851. The summed E-state index contributed by atoms with van der Waals surface area (Å²) in [5.41, 5.74) is 5.26. The Morgan fingerprint density at radius 2 is 2.21 bits per heavy atom. The Morgan fingerprint density at radius 1 is 1.50 bits per heavy atom. The second-order valence-corrected chi connectivity index (χ2v) is 2.89. The van der Waals surface area contributed by atoms with Crippen LogP contribution in [0.15, 0.2) is 18.2 Å². The molecule has 14 heavy (non-hydrogen) atoms. The van der Waals surface area contributed by atoms with E-state index in [1.54, 1.807) is 37.3 Å². The summed E-state index contributed by atoms with van der Waals surface area (Å²) >= 11 is 0. The standard InChI is InChI=1S/C8H13N5O/c1-13(2)12-8(14)6-4-3-5-7(10-6)11-9/h3-5H,9H2,1-2H3,(H,10,11)(H,12,14). The monoisotopic (exact) mass is 195 g/mol. The van der Waals surface area contributed by atoms with Crippen molar-refractivity contribution in [2.24, 2.45) is 5.84 Å². The predicted octanol–water partition coefficient (Wildman–Crippen LogP) is -0.426. The minimum Gasteiger partial charge on any atom is -0.308 e. The normalized spacial score (nSPS) is 10.0. The van der Waals surface area contributed by atoms with Gasteiger partial charge in [-0.05, 0) is 12.1 Å². The van der Waals surface area contributed by atoms with Crippen LogP contribution < -0.4 is 16.7 Å². The molecule has 76 valence electrons. The number of rotatable bonds is 3. The number of hydrazine groups is 2. The molecule has 1 amide bonds. The number of nitrogens with zero attached hydrogens (tertiary/aromatic N) is 2. The highest BCUT2D eigenvalue weighted by atomic mass is 16.2. The molecule has 0 radical (unpaired) electrons. The number of amides is 1. The van der Waals surface area contributed by atoms with Gasteiger partial charge in [0.1, 0.15) is 11.5 Å². The summed E-state index contributed by atoms with van der Waals surface area (Å²) in [6.45, 7) is 0. The number of carbonyl (C=O) groups excluding carboxylic acids is 1. The summed E-state index contributed by atoms with van der Waals surface area (Å²) in [6, 6.07) is 4.98. The highest BCUT2D eigenvalue weighted by molar-refractivity contribution is 5.92. The van der Waals surface area contributed by atoms with E-state index in [9.17, 15) is 4.79 Å². The minimum absolute atomic E-state index is 0.271. The second-order valence-electron chi connectivity index (χ2n) is 2.89. The number of carbonyl (C=O) groups is 1. The van der Waals surface area contributed by atoms with Gasteiger partial charge in [0.15, 0.2) is 0 Å². The molecule has 0 spiro atoms. The third-order valence-electron chi connectivity index (χ3n) is 1.45. The number of anilines is 1. The van der Waals surface area contributed by atoms with Gasteiger partial charge in [0.05, 0.1) is 0 Å². The number of hydrogen-bond donors (Lipinski definition) is 3. The van der Waals surface area contributed by atoms with Gasteiger partial charge >= 0.3 is 0 Å². The molecule has 0 bridgehead atoms. The van der Waals surface area contributed by atoms with Gasteiger partial charge in [-0.15, -0.1) is 0 Å². The lowest BCUT2D eigenvalue weighted by Crippen LogP contribution is -2.36. The Bertz CT molecular complexity index is 325. The summed E-state index contributed by atoms with van der Waals surface area (Å²) in [7, 11) is 3.45. The lowest BCUT2D eigenvalue weighted by Gasteiger charge is -2.11. The minimum atomic E-state index is -0.271. The van der Waals surface area contributed by atoms with Crippen molar-refractivity contribution in [2.75, 3.05) is 19.5 Å². The van der Waals surface area contributed by atoms with E-state index in [4.69, 9.17) is 5.84 Å². The van der Waals surface area contributed by atoms with Crippen molar-refractivity contribution in [1.82, 2.24) is 15.4 Å². The maximum absolute atomic E-state index is 11.4. The maximum Gasteiger partial charge on any atom is 0.284 e. The molecule has 1 heterocycles. The molecule has 6 nitrogen and oxygen atoms in total. The van der Waals surface area contributed by atoms with Crippen molar-refractivity contribution in [1.29, 1.82) is 0 Å². The highest BCUT2D eigenvalue weighted by Crippen LogP contribution is 2.02. The van der Waals surface area contributed by atoms with E-state index >= 15 is 0 Å². The summed E-state index contributed by atoms with van der Waals surface area (Å²) in [5.74, 6) is 5.35. The highest BCUT2D eigenvalue weighted by Gasteiger charge is 2.07. The SMILES string of the molecule is CN(C)NC(=O)c1cccc(NN)n1. The quantitative estimate of drug-likeness (QED) is 0.450. The van der Waals surface area contributed by atoms with Crippen molar-refractivity contribution in [2.45, 2.75) is 0 Å². The van der Waals surface area contributed by atoms with Crippen molar-refractivity contribution in [3.8, 4) is 0 Å². The molecular formula is C8H13N5O. The Balaban J connectivity index is 2.79. The predicted molar refractivity (Wildman–Crippen MR) is 53.2 cm³/mol. The molecule has 0 saturated carbocycles. The van der Waals surface area contributed by atoms with Gasteiger partial charge in [-0.25, -0.2) is 15.8 Å². The van der Waals surface area contributed by atoms with E-state index in [0.717, 1.165) is 0 Å². The molecule has 1 aromatic heterocycles. The number of pyridine rings is 1. The smallest absolute Gasteiger partial charge is 0.284 e. The summed E-state index contributed by atoms with van der Waals surface area (Å²) in [4.78, 5) is 15.4. The third-order valence-corrected chi connectivity index (χ3v) is 1.45. The Hall–Kier alpha value is -1.66. The number of hydrogen-bond acceptors (Lipinski definition) is 5. The van der Waals surface area contributed by atoms with Crippen LogP contribution in [0, 0.1) is 0 Å². The average Bonchev–Trinajstić information content (AvgIpc) is 2.17. The van der Waals surface area contributed by atoms with Gasteiger partial charge in [-0.3, -0.25) is 10.2 Å². The molecule has 0 aliphatic rings. The van der Waals surface area contributed by atoms with E-state index in [1.165, 1.54) is 0 Å². The Kier molecular flexibility index (Phi) is 3.38. The number of aromatic nitrogens is 1. The number of nitrogen functional groups attached to an aromatic ring is 1. The fraction of sp³-hybridized carbons (Fsp3) is 0.250. The summed E-state index contributed by atoms with van der Waals surface area (Å²) in [5, 5.41) is 1.55. The van der Waals surface area contributed by atoms with E-state index in [2.05, 4.69) is 15.8 Å². The fourth-order valence-electron chi connectivity index (χ4n) is 0.902. The topological polar surface area (TPSA) is 83.3 Å². The van der Waals surface area contributed by atoms with Crippen LogP contribution in [0.3, 0.4) is 0 Å². The Labute approximate surface area is 82.0 Å². The molecule has 1 rings (SSSR count). The lowest BCUT2D eigenvalue weighted by atomic mass is 10.3. The first-order valence-corrected chi connectivity index (χ1v) is 4.05. The second kappa shape index (κ2) is 4.54. The number of nitrogens with one attached hydrogen (secondary N) is 2. The van der Waals surface area contributed by atoms with Crippen LogP contribution in [0.1, 0.15) is 10.5 Å². The molecule has 4 N–H and O–H groups in total. The van der Waals surface area contributed by atoms with Crippen LogP contribution in [-0.4, -0.2) is 30.0 Å². The summed E-state index contributed by atoms with van der Waals surface area (Å²) < 4.78 is 0. The molecule has 0 atom stereocenters. The maximum atomic E-state index is 11.4. The first-order chi connectivity index (χ1) is 6.63. The molecule has 0 unspecified atom stereocenters. The Morgan fingerprint density at radius 3 is 2.79 bits per heavy atom. The molecule has 6 heteroatoms. The number of nitrogens with two attached hydrogens (primary N) is 1. The zero-order chi connectivity index (χ0) is 10.6. The van der Waals surface area contributed by atoms with E-state index in [1.807, 2.05) is 0 Å². The molecular weight excluding hydrogens is 182 g/mol. The average molecular weight is 195 g/mol. The van der Waals surface area contributed by atoms with E-state index in [-0.39, 0.29) is 5.91 Å². The zero-order valence-corrected chi connectivity index (χ0v) is 8.11. The fourth-order valence-corrected chi connectivity index (χ4v) is 0.902. The molecule has 1 aromatic rings. The molecule has 0 aromatic carbocycles. The van der Waals surface area contributed by atoms with Gasteiger partial charge in [0.25, 0.3) is 5.91 Å². The molecule has 0 fully saturated rings. The summed E-state index contributed by atoms with van der Waals surface area (Å²) in [6.07, 6.45) is 0. The van der Waals surface area contributed by atoms with Crippen molar-refractivity contribution in [3.05, 3.63) is 23.9 Å². The van der Waals surface area contributed by atoms with Crippen LogP contribution in [-0.2, 0) is 0 Å². The van der Waals surface area contributed by atoms with E-state index in [0.29, 0.717) is 11.5 Å². The van der Waals surface area contributed by atoms with Gasteiger partial charge in [-0.2, -0.15) is 0 Å². The molecule has 0 aliphatic heterocycles. The van der Waals surface area contributed by atoms with E-state index < -0.39 is 0 Å². The van der Waals surface area contributed by atoms with Crippen LogP contribution in [0.25, 0.3) is 0 Å². The van der Waals surface area contributed by atoms with Crippen LogP contribution in [0.5, 0.6) is 0 Å². The first kappa shape index (κ1) is 10.4. The first-order valence-electron chi connectivity index (χ1n) is 4.05. The van der Waals surface area contributed by atoms with Gasteiger partial charge in [-0.1, -0.05) is 6.07 Å². The largest absolute Gasteiger partial charge is 0.308 e. The third kappa shape index (κ3) is 2.68.